The van der Waals surface area contributed by atoms with E-state index in [9.17, 15) is 20.0 Å². The quantitative estimate of drug-likeness (QED) is 0.406. The number of ether oxygens (including phenoxy) is 1. The zero-order valence-corrected chi connectivity index (χ0v) is 15.2. The van der Waals surface area contributed by atoms with Crippen LogP contribution in [0.4, 0.5) is 5.69 Å². The fourth-order valence-corrected chi connectivity index (χ4v) is 2.77. The number of rotatable bonds is 5. The molecule has 0 saturated carbocycles. The molecule has 0 aliphatic heterocycles. The Balaban J connectivity index is 2.24. The van der Waals surface area contributed by atoms with E-state index in [0.29, 0.717) is 17.1 Å². The van der Waals surface area contributed by atoms with Gasteiger partial charge >= 0.3 is 11.7 Å². The Morgan fingerprint density at radius 1 is 1.14 bits per heavy atom. The molecule has 8 nitrogen and oxygen atoms in total. The zero-order chi connectivity index (χ0) is 20.3. The molecule has 8 heteroatoms. The second-order valence-corrected chi connectivity index (χ2v) is 5.90. The fourth-order valence-electron chi connectivity index (χ4n) is 2.77. The number of aromatic nitrogens is 2. The Bertz CT molecular complexity index is 1050. The van der Waals surface area contributed by atoms with Crippen molar-refractivity contribution >= 4 is 11.7 Å². The number of phenolic OH excluding ortho intramolecular Hbond substituents is 1. The number of phenols is 1. The van der Waals surface area contributed by atoms with Crippen LogP contribution in [0.3, 0.4) is 0 Å². The third-order valence-electron chi connectivity index (χ3n) is 4.05. The van der Waals surface area contributed by atoms with E-state index in [1.165, 1.54) is 18.2 Å². The van der Waals surface area contributed by atoms with Crippen LogP contribution in [-0.4, -0.2) is 32.6 Å². The molecule has 0 radical (unpaired) electrons. The maximum atomic E-state index is 12.5. The summed E-state index contributed by atoms with van der Waals surface area (Å²) < 4.78 is 5.12. The number of carbonyl (C=O) groups is 1. The minimum absolute atomic E-state index is 0.148. The summed E-state index contributed by atoms with van der Waals surface area (Å²) in [5.41, 5.74) is 1.43. The number of esters is 1. The standard InChI is InChI=1S/C20H17N3O5/c1-3-28-20(25)17-12(2)21-19(13-7-5-4-6-8-13)22-18(17)14-9-10-15(23(26)27)16(24)11-14/h4-11,24H,3H2,1-2H3. The maximum Gasteiger partial charge on any atom is 0.342 e. The van der Waals surface area contributed by atoms with Crippen molar-refractivity contribution in [3.05, 3.63) is 69.9 Å². The summed E-state index contributed by atoms with van der Waals surface area (Å²) in [4.78, 5) is 31.7. The van der Waals surface area contributed by atoms with Crippen molar-refractivity contribution in [1.82, 2.24) is 9.97 Å². The van der Waals surface area contributed by atoms with Crippen LogP contribution in [0, 0.1) is 17.0 Å². The van der Waals surface area contributed by atoms with Gasteiger partial charge in [0.05, 0.1) is 22.9 Å². The van der Waals surface area contributed by atoms with Gasteiger partial charge < -0.3 is 9.84 Å². The lowest BCUT2D eigenvalue weighted by molar-refractivity contribution is -0.385. The van der Waals surface area contributed by atoms with E-state index in [1.807, 2.05) is 30.3 Å². The van der Waals surface area contributed by atoms with Crippen molar-refractivity contribution in [2.45, 2.75) is 13.8 Å². The molecule has 0 fully saturated rings. The Morgan fingerprint density at radius 2 is 1.86 bits per heavy atom. The largest absolute Gasteiger partial charge is 0.502 e. The fraction of sp³-hybridized carbons (Fsp3) is 0.150. The molecule has 0 amide bonds. The number of carbonyl (C=O) groups excluding carboxylic acids is 1. The van der Waals surface area contributed by atoms with Crippen LogP contribution < -0.4 is 0 Å². The van der Waals surface area contributed by atoms with Crippen LogP contribution in [0.15, 0.2) is 48.5 Å². The first-order valence-corrected chi connectivity index (χ1v) is 8.51. The number of nitro groups is 1. The molecule has 0 aliphatic rings. The molecule has 0 spiro atoms. The summed E-state index contributed by atoms with van der Waals surface area (Å²) in [6, 6.07) is 13.0. The van der Waals surface area contributed by atoms with Gasteiger partial charge in [0.25, 0.3) is 0 Å². The highest BCUT2D eigenvalue weighted by atomic mass is 16.6. The van der Waals surface area contributed by atoms with Crippen molar-refractivity contribution in [2.24, 2.45) is 0 Å². The molecule has 0 saturated heterocycles. The van der Waals surface area contributed by atoms with Gasteiger partial charge in [-0.1, -0.05) is 30.3 Å². The number of aromatic hydroxyl groups is 1. The average Bonchev–Trinajstić information content (AvgIpc) is 2.67. The Hall–Kier alpha value is -3.81. The van der Waals surface area contributed by atoms with E-state index < -0.39 is 22.3 Å². The van der Waals surface area contributed by atoms with Gasteiger partial charge in [-0.15, -0.1) is 0 Å². The third-order valence-corrected chi connectivity index (χ3v) is 4.05. The normalized spacial score (nSPS) is 10.5. The summed E-state index contributed by atoms with van der Waals surface area (Å²) in [6.07, 6.45) is 0. The second kappa shape index (κ2) is 7.83. The van der Waals surface area contributed by atoms with Crippen LogP contribution in [0.25, 0.3) is 22.6 Å². The number of benzene rings is 2. The molecular formula is C20H17N3O5. The van der Waals surface area contributed by atoms with Gasteiger partial charge in [-0.2, -0.15) is 0 Å². The monoisotopic (exact) mass is 379 g/mol. The lowest BCUT2D eigenvalue weighted by Crippen LogP contribution is -2.12. The van der Waals surface area contributed by atoms with Crippen LogP contribution in [-0.2, 0) is 4.74 Å². The minimum atomic E-state index is -0.688. The maximum absolute atomic E-state index is 12.5. The lowest BCUT2D eigenvalue weighted by atomic mass is 10.0. The van der Waals surface area contributed by atoms with Crippen molar-refractivity contribution in [2.75, 3.05) is 6.61 Å². The van der Waals surface area contributed by atoms with Gasteiger partial charge in [0.15, 0.2) is 11.6 Å². The molecule has 1 N–H and O–H groups in total. The van der Waals surface area contributed by atoms with E-state index in [2.05, 4.69) is 9.97 Å². The molecular weight excluding hydrogens is 362 g/mol. The van der Waals surface area contributed by atoms with Crippen LogP contribution >= 0.6 is 0 Å². The highest BCUT2D eigenvalue weighted by molar-refractivity contribution is 5.97. The number of nitrogens with zero attached hydrogens (tertiary/aromatic N) is 3. The number of hydrogen-bond donors (Lipinski definition) is 1. The number of nitro benzene ring substituents is 1. The van der Waals surface area contributed by atoms with Gasteiger partial charge in [-0.3, -0.25) is 10.1 Å². The summed E-state index contributed by atoms with van der Waals surface area (Å²) in [6.45, 7) is 3.52. The topological polar surface area (TPSA) is 115 Å². The number of hydrogen-bond acceptors (Lipinski definition) is 7. The minimum Gasteiger partial charge on any atom is -0.502 e. The van der Waals surface area contributed by atoms with Gasteiger partial charge in [0.2, 0.25) is 0 Å². The smallest absolute Gasteiger partial charge is 0.342 e. The molecule has 142 valence electrons. The summed E-state index contributed by atoms with van der Waals surface area (Å²) in [7, 11) is 0. The zero-order valence-electron chi connectivity index (χ0n) is 15.2. The summed E-state index contributed by atoms with van der Waals surface area (Å²) >= 11 is 0. The van der Waals surface area contributed by atoms with Crippen LogP contribution in [0.1, 0.15) is 23.0 Å². The van der Waals surface area contributed by atoms with E-state index in [1.54, 1.807) is 13.8 Å². The molecule has 0 bridgehead atoms. The molecule has 28 heavy (non-hydrogen) atoms. The molecule has 0 atom stereocenters. The van der Waals surface area contributed by atoms with Gasteiger partial charge in [0, 0.05) is 17.2 Å². The van der Waals surface area contributed by atoms with Crippen LogP contribution in [0.5, 0.6) is 5.75 Å². The predicted octanol–water partition coefficient (Wildman–Crippen LogP) is 3.91. The van der Waals surface area contributed by atoms with Gasteiger partial charge in [0.1, 0.15) is 5.56 Å². The Morgan fingerprint density at radius 3 is 2.46 bits per heavy atom. The molecule has 2 aromatic carbocycles. The van der Waals surface area contributed by atoms with E-state index in [0.717, 1.165) is 5.56 Å². The van der Waals surface area contributed by atoms with Crippen molar-refractivity contribution in [3.8, 4) is 28.4 Å². The number of aryl methyl sites for hydroxylation is 1. The van der Waals surface area contributed by atoms with Gasteiger partial charge in [-0.25, -0.2) is 14.8 Å². The van der Waals surface area contributed by atoms with Crippen molar-refractivity contribution in [1.29, 1.82) is 0 Å². The first-order chi connectivity index (χ1) is 13.4. The molecule has 0 aliphatic carbocycles. The summed E-state index contributed by atoms with van der Waals surface area (Å²) in [5, 5.41) is 21.0. The predicted molar refractivity (Wildman–Crippen MR) is 102 cm³/mol. The highest BCUT2D eigenvalue weighted by Crippen LogP contribution is 2.33. The molecule has 3 aromatic rings. The highest BCUT2D eigenvalue weighted by Gasteiger charge is 2.23. The van der Waals surface area contributed by atoms with E-state index >= 15 is 0 Å². The van der Waals surface area contributed by atoms with Gasteiger partial charge in [-0.05, 0) is 26.0 Å². The second-order valence-electron chi connectivity index (χ2n) is 5.90. The first kappa shape index (κ1) is 19.0. The Kier molecular flexibility index (Phi) is 5.30. The average molecular weight is 379 g/mol. The van der Waals surface area contributed by atoms with Crippen molar-refractivity contribution in [3.63, 3.8) is 0 Å². The third kappa shape index (κ3) is 3.66. The molecule has 1 aromatic heterocycles. The molecule has 1 heterocycles. The molecule has 3 rings (SSSR count). The lowest BCUT2D eigenvalue weighted by Gasteiger charge is -2.13. The SMILES string of the molecule is CCOC(=O)c1c(C)nc(-c2ccccc2)nc1-c1ccc([N+](=O)[O-])c(O)c1. The van der Waals surface area contributed by atoms with E-state index in [-0.39, 0.29) is 17.9 Å². The first-order valence-electron chi connectivity index (χ1n) is 8.51. The van der Waals surface area contributed by atoms with Crippen molar-refractivity contribution < 1.29 is 19.6 Å². The molecule has 0 unspecified atom stereocenters. The Labute approximate surface area is 160 Å². The van der Waals surface area contributed by atoms with E-state index in [4.69, 9.17) is 4.74 Å². The summed E-state index contributed by atoms with van der Waals surface area (Å²) in [5.74, 6) is -0.735. The van der Waals surface area contributed by atoms with Crippen LogP contribution in [0.2, 0.25) is 0 Å².